The van der Waals surface area contributed by atoms with Crippen molar-refractivity contribution in [2.24, 2.45) is 0 Å². The van der Waals surface area contributed by atoms with E-state index in [9.17, 15) is 0 Å². The number of piperazine rings is 1. The van der Waals surface area contributed by atoms with E-state index in [1.165, 1.54) is 5.56 Å². The van der Waals surface area contributed by atoms with E-state index in [0.717, 1.165) is 43.6 Å². The van der Waals surface area contributed by atoms with Crippen LogP contribution in [0.2, 0.25) is 0 Å². The number of benzene rings is 1. The summed E-state index contributed by atoms with van der Waals surface area (Å²) in [6.07, 6.45) is 3.48. The molecule has 1 unspecified atom stereocenters. The van der Waals surface area contributed by atoms with Crippen LogP contribution in [0.4, 0.5) is 17.5 Å². The molecule has 0 amide bonds. The Morgan fingerprint density at radius 1 is 0.815 bits per heavy atom. The summed E-state index contributed by atoms with van der Waals surface area (Å²) in [5.74, 6) is 2.86. The third-order valence-electron chi connectivity index (χ3n) is 4.89. The van der Waals surface area contributed by atoms with Gasteiger partial charge in [0.05, 0.1) is 0 Å². The molecule has 1 aliphatic heterocycles. The molecule has 3 aromatic rings. The Morgan fingerprint density at radius 2 is 1.52 bits per heavy atom. The van der Waals surface area contributed by atoms with Crippen molar-refractivity contribution >= 4 is 17.5 Å². The lowest BCUT2D eigenvalue weighted by Crippen LogP contribution is -2.47. The Morgan fingerprint density at radius 3 is 2.22 bits per heavy atom. The van der Waals surface area contributed by atoms with Gasteiger partial charge in [-0.3, -0.25) is 0 Å². The molecule has 6 nitrogen and oxygen atoms in total. The predicted octanol–water partition coefficient (Wildman–Crippen LogP) is 3.37. The quantitative estimate of drug-likeness (QED) is 0.753. The Labute approximate surface area is 159 Å². The number of hydrogen-bond acceptors (Lipinski definition) is 6. The van der Waals surface area contributed by atoms with Gasteiger partial charge in [-0.15, -0.1) is 0 Å². The molecule has 0 aliphatic carbocycles. The van der Waals surface area contributed by atoms with Crippen molar-refractivity contribution in [3.05, 3.63) is 72.7 Å². The maximum absolute atomic E-state index is 4.48. The lowest BCUT2D eigenvalue weighted by Gasteiger charge is -2.36. The van der Waals surface area contributed by atoms with Gasteiger partial charge in [0.2, 0.25) is 0 Å². The molecule has 1 aliphatic rings. The third kappa shape index (κ3) is 4.16. The van der Waals surface area contributed by atoms with Crippen LogP contribution in [0.15, 0.2) is 67.1 Å². The molecule has 6 heteroatoms. The van der Waals surface area contributed by atoms with Crippen molar-refractivity contribution in [2.45, 2.75) is 13.0 Å². The number of anilines is 3. The van der Waals surface area contributed by atoms with Crippen molar-refractivity contribution in [1.82, 2.24) is 15.0 Å². The van der Waals surface area contributed by atoms with Gasteiger partial charge in [0, 0.05) is 44.5 Å². The van der Waals surface area contributed by atoms with E-state index in [-0.39, 0.29) is 6.04 Å². The first kappa shape index (κ1) is 17.3. The summed E-state index contributed by atoms with van der Waals surface area (Å²) >= 11 is 0. The molecule has 27 heavy (non-hydrogen) atoms. The molecule has 2 aromatic heterocycles. The molecule has 0 spiro atoms. The minimum atomic E-state index is 0.190. The summed E-state index contributed by atoms with van der Waals surface area (Å²) in [5.41, 5.74) is 1.24. The average Bonchev–Trinajstić information content (AvgIpc) is 2.75. The summed E-state index contributed by atoms with van der Waals surface area (Å²) in [7, 11) is 0. The van der Waals surface area contributed by atoms with Crippen molar-refractivity contribution in [1.29, 1.82) is 0 Å². The number of nitrogens with zero attached hydrogens (tertiary/aromatic N) is 5. The summed E-state index contributed by atoms with van der Waals surface area (Å²) in [4.78, 5) is 17.9. The fourth-order valence-electron chi connectivity index (χ4n) is 3.35. The molecular formula is C21H24N6. The van der Waals surface area contributed by atoms with Crippen LogP contribution in [0.1, 0.15) is 18.5 Å². The highest BCUT2D eigenvalue weighted by atomic mass is 15.3. The molecule has 1 aromatic carbocycles. The fourth-order valence-corrected chi connectivity index (χ4v) is 3.35. The number of hydrogen-bond donors (Lipinski definition) is 1. The van der Waals surface area contributed by atoms with Gasteiger partial charge in [-0.05, 0) is 24.6 Å². The number of nitrogens with one attached hydrogen (secondary N) is 1. The van der Waals surface area contributed by atoms with Gasteiger partial charge in [0.1, 0.15) is 23.8 Å². The average molecular weight is 360 g/mol. The summed E-state index contributed by atoms with van der Waals surface area (Å²) in [6, 6.07) is 18.7. The largest absolute Gasteiger partial charge is 0.363 e. The number of pyridine rings is 1. The van der Waals surface area contributed by atoms with E-state index in [1.54, 1.807) is 6.33 Å². The molecule has 1 atom stereocenters. The van der Waals surface area contributed by atoms with Crippen LogP contribution >= 0.6 is 0 Å². The zero-order chi connectivity index (χ0) is 18.5. The first-order valence-electron chi connectivity index (χ1n) is 9.34. The lowest BCUT2D eigenvalue weighted by molar-refractivity contribution is 0.641. The summed E-state index contributed by atoms with van der Waals surface area (Å²) < 4.78 is 0. The lowest BCUT2D eigenvalue weighted by atomic mass is 10.1. The van der Waals surface area contributed by atoms with Gasteiger partial charge >= 0.3 is 0 Å². The highest BCUT2D eigenvalue weighted by Gasteiger charge is 2.19. The van der Waals surface area contributed by atoms with Crippen LogP contribution in [0, 0.1) is 0 Å². The zero-order valence-corrected chi connectivity index (χ0v) is 15.5. The smallest absolute Gasteiger partial charge is 0.134 e. The van der Waals surface area contributed by atoms with Gasteiger partial charge in [-0.25, -0.2) is 15.0 Å². The second-order valence-corrected chi connectivity index (χ2v) is 6.70. The van der Waals surface area contributed by atoms with Crippen LogP contribution in [0.3, 0.4) is 0 Å². The Balaban J connectivity index is 1.40. The van der Waals surface area contributed by atoms with Crippen LogP contribution in [-0.2, 0) is 0 Å². The third-order valence-corrected chi connectivity index (χ3v) is 4.89. The molecule has 0 radical (unpaired) electrons. The number of rotatable bonds is 5. The Hall–Kier alpha value is -3.15. The van der Waals surface area contributed by atoms with Gasteiger partial charge < -0.3 is 15.1 Å². The molecule has 3 heterocycles. The molecule has 4 rings (SSSR count). The molecule has 1 N–H and O–H groups in total. The van der Waals surface area contributed by atoms with E-state index in [2.05, 4.69) is 67.3 Å². The van der Waals surface area contributed by atoms with Gasteiger partial charge in [0.15, 0.2) is 0 Å². The topological polar surface area (TPSA) is 57.2 Å². The van der Waals surface area contributed by atoms with Gasteiger partial charge in [-0.1, -0.05) is 36.4 Å². The molecule has 0 bridgehead atoms. The fraction of sp³-hybridized carbons (Fsp3) is 0.286. The zero-order valence-electron chi connectivity index (χ0n) is 15.5. The molecule has 0 saturated carbocycles. The van der Waals surface area contributed by atoms with Crippen LogP contribution in [-0.4, -0.2) is 41.1 Å². The minimum absolute atomic E-state index is 0.190. The van der Waals surface area contributed by atoms with E-state index in [0.29, 0.717) is 0 Å². The van der Waals surface area contributed by atoms with Crippen LogP contribution in [0.5, 0.6) is 0 Å². The van der Waals surface area contributed by atoms with Crippen molar-refractivity contribution in [3.8, 4) is 0 Å². The highest BCUT2D eigenvalue weighted by molar-refractivity contribution is 5.51. The van der Waals surface area contributed by atoms with E-state index in [4.69, 9.17) is 0 Å². The highest BCUT2D eigenvalue weighted by Crippen LogP contribution is 2.22. The SMILES string of the molecule is CC(Nc1cc(N2CCN(c3ccccn3)CC2)ncn1)c1ccccc1. The minimum Gasteiger partial charge on any atom is -0.363 e. The van der Waals surface area contributed by atoms with Gasteiger partial charge in [0.25, 0.3) is 0 Å². The van der Waals surface area contributed by atoms with Crippen LogP contribution in [0.25, 0.3) is 0 Å². The van der Waals surface area contributed by atoms with Crippen molar-refractivity contribution in [2.75, 3.05) is 41.3 Å². The monoisotopic (exact) mass is 360 g/mol. The standard InChI is InChI=1S/C21H24N6/c1-17(18-7-3-2-4-8-18)25-19-15-21(24-16-23-19)27-13-11-26(12-14-27)20-9-5-6-10-22-20/h2-10,15-17H,11-14H2,1H3,(H,23,24,25). The maximum atomic E-state index is 4.48. The second-order valence-electron chi connectivity index (χ2n) is 6.70. The van der Waals surface area contributed by atoms with Crippen LogP contribution < -0.4 is 15.1 Å². The van der Waals surface area contributed by atoms with Gasteiger partial charge in [-0.2, -0.15) is 0 Å². The second kappa shape index (κ2) is 8.03. The number of aromatic nitrogens is 3. The molecule has 1 fully saturated rings. The van der Waals surface area contributed by atoms with Crippen molar-refractivity contribution in [3.63, 3.8) is 0 Å². The van der Waals surface area contributed by atoms with E-state index >= 15 is 0 Å². The van der Waals surface area contributed by atoms with E-state index in [1.807, 2.05) is 30.5 Å². The maximum Gasteiger partial charge on any atom is 0.134 e. The Bertz CT molecular complexity index is 847. The summed E-state index contributed by atoms with van der Waals surface area (Å²) in [6.45, 7) is 5.85. The molecular weight excluding hydrogens is 336 g/mol. The first-order valence-corrected chi connectivity index (χ1v) is 9.34. The molecule has 138 valence electrons. The van der Waals surface area contributed by atoms with E-state index < -0.39 is 0 Å². The molecule has 1 saturated heterocycles. The first-order chi connectivity index (χ1) is 13.3. The Kier molecular flexibility index (Phi) is 5.14. The predicted molar refractivity (Wildman–Crippen MR) is 109 cm³/mol. The van der Waals surface area contributed by atoms with Crippen molar-refractivity contribution < 1.29 is 0 Å². The summed E-state index contributed by atoms with van der Waals surface area (Å²) in [5, 5.41) is 3.47. The normalized spacial score (nSPS) is 15.4.